The van der Waals surface area contributed by atoms with Crippen molar-refractivity contribution in [2.45, 2.75) is 19.7 Å². The van der Waals surface area contributed by atoms with E-state index in [0.717, 1.165) is 6.92 Å². The molecule has 0 saturated carbocycles. The normalized spacial score (nSPS) is 12.7. The van der Waals surface area contributed by atoms with E-state index in [1.165, 1.54) is 0 Å². The Morgan fingerprint density at radius 3 is 2.39 bits per heavy atom. The molecule has 6 heteroatoms. The van der Waals surface area contributed by atoms with Gasteiger partial charge >= 0.3 is 19.8 Å². The lowest BCUT2D eigenvalue weighted by atomic mass is 10.1. The Kier molecular flexibility index (Phi) is 5.62. The summed E-state index contributed by atoms with van der Waals surface area (Å²) in [5.41, 5.74) is 0.326. The van der Waals surface area contributed by atoms with Crippen molar-refractivity contribution in [1.29, 1.82) is 0 Å². The summed E-state index contributed by atoms with van der Waals surface area (Å²) in [6.45, 7) is 2.97. The molecule has 18 heavy (non-hydrogen) atoms. The zero-order chi connectivity index (χ0) is 13.5. The number of Topliss-reactive ketones (excluding diaryl/α,β-unsaturated/α-hetero) is 1. The molecular weight excluding hydrogens is 255 g/mol. The van der Waals surface area contributed by atoms with Crippen LogP contribution >= 0.6 is 8.03 Å². The maximum absolute atomic E-state index is 12.1. The van der Waals surface area contributed by atoms with Gasteiger partial charge in [-0.2, -0.15) is 0 Å². The van der Waals surface area contributed by atoms with Crippen molar-refractivity contribution in [1.82, 2.24) is 0 Å². The average molecular weight is 269 g/mol. The van der Waals surface area contributed by atoms with Crippen LogP contribution in [0.5, 0.6) is 0 Å². The van der Waals surface area contributed by atoms with Gasteiger partial charge in [0.15, 0.2) is 0 Å². The lowest BCUT2D eigenvalue weighted by molar-refractivity contribution is -0.141. The molecule has 0 aliphatic heterocycles. The number of rotatable bonds is 6. The number of benzene rings is 1. The van der Waals surface area contributed by atoms with E-state index < -0.39 is 25.6 Å². The van der Waals surface area contributed by atoms with E-state index in [1.807, 2.05) is 0 Å². The van der Waals surface area contributed by atoms with Crippen LogP contribution in [0.4, 0.5) is 0 Å². The van der Waals surface area contributed by atoms with Crippen LogP contribution in [-0.4, -0.2) is 24.2 Å². The van der Waals surface area contributed by atoms with Gasteiger partial charge < -0.3 is 4.74 Å². The number of esters is 1. The van der Waals surface area contributed by atoms with E-state index >= 15 is 0 Å². The molecule has 5 nitrogen and oxygen atoms in total. The van der Waals surface area contributed by atoms with Crippen molar-refractivity contribution >= 4 is 19.8 Å². The maximum Gasteiger partial charge on any atom is 0.562 e. The zero-order valence-electron chi connectivity index (χ0n) is 10.2. The van der Waals surface area contributed by atoms with Gasteiger partial charge in [-0.3, -0.25) is 9.59 Å². The summed E-state index contributed by atoms with van der Waals surface area (Å²) < 4.78 is 21.4. The number of ether oxygens (including phenoxy) is 1. The van der Waals surface area contributed by atoms with Gasteiger partial charge in [0.1, 0.15) is 0 Å². The molecule has 0 heterocycles. The van der Waals surface area contributed by atoms with Crippen molar-refractivity contribution in [2.75, 3.05) is 6.61 Å². The topological polar surface area (TPSA) is 69.7 Å². The Hall–Kier alpha value is -1.58. The maximum atomic E-state index is 12.1. The van der Waals surface area contributed by atoms with Crippen LogP contribution in [-0.2, 0) is 18.6 Å². The third kappa shape index (κ3) is 4.02. The molecule has 0 aliphatic rings. The van der Waals surface area contributed by atoms with Crippen LogP contribution in [0, 0.1) is 0 Å². The van der Waals surface area contributed by atoms with E-state index in [4.69, 9.17) is 9.26 Å². The van der Waals surface area contributed by atoms with E-state index in [1.54, 1.807) is 37.3 Å². The molecular formula is C12H14O5P+. The third-order valence-corrected chi connectivity index (χ3v) is 3.24. The van der Waals surface area contributed by atoms with Crippen molar-refractivity contribution in [3.05, 3.63) is 35.9 Å². The van der Waals surface area contributed by atoms with Crippen LogP contribution in [0.25, 0.3) is 0 Å². The van der Waals surface area contributed by atoms with Crippen molar-refractivity contribution < 1.29 is 23.4 Å². The molecule has 0 aromatic heterocycles. The second kappa shape index (κ2) is 6.99. The molecule has 0 spiro atoms. The highest BCUT2D eigenvalue weighted by atomic mass is 31.1. The van der Waals surface area contributed by atoms with E-state index in [0.29, 0.717) is 5.56 Å². The molecule has 96 valence electrons. The number of hydrogen-bond acceptors (Lipinski definition) is 5. The molecule has 1 aromatic rings. The van der Waals surface area contributed by atoms with Gasteiger partial charge in [-0.1, -0.05) is 30.3 Å². The number of ketones is 1. The number of hydrogen-bond donors (Lipinski definition) is 0. The van der Waals surface area contributed by atoms with Crippen LogP contribution < -0.4 is 0 Å². The Labute approximate surface area is 106 Å². The minimum absolute atomic E-state index is 0.176. The minimum Gasteiger partial charge on any atom is -0.407 e. The summed E-state index contributed by atoms with van der Waals surface area (Å²) in [7, 11) is -2.38. The van der Waals surface area contributed by atoms with Crippen LogP contribution in [0.1, 0.15) is 24.2 Å². The van der Waals surface area contributed by atoms with Crippen molar-refractivity contribution in [3.8, 4) is 0 Å². The molecule has 0 saturated heterocycles. The third-order valence-electron chi connectivity index (χ3n) is 2.01. The predicted molar refractivity (Wildman–Crippen MR) is 65.6 cm³/mol. The fourth-order valence-corrected chi connectivity index (χ4v) is 2.25. The lowest BCUT2D eigenvalue weighted by Gasteiger charge is -2.05. The van der Waals surface area contributed by atoms with E-state index in [2.05, 4.69) is 0 Å². The van der Waals surface area contributed by atoms with E-state index in [9.17, 15) is 14.2 Å². The van der Waals surface area contributed by atoms with Gasteiger partial charge in [-0.25, -0.2) is 0 Å². The predicted octanol–water partition coefficient (Wildman–Crippen LogP) is 2.54. The minimum atomic E-state index is -2.38. The summed E-state index contributed by atoms with van der Waals surface area (Å²) in [5, 5.41) is 0. The molecule has 0 N–H and O–H groups in total. The van der Waals surface area contributed by atoms with Crippen LogP contribution in [0.2, 0.25) is 0 Å². The molecule has 0 radical (unpaired) electrons. The Morgan fingerprint density at radius 1 is 1.28 bits per heavy atom. The fourth-order valence-electron chi connectivity index (χ4n) is 1.29. The molecule has 2 unspecified atom stereocenters. The fraction of sp³-hybridized carbons (Fsp3) is 0.333. The second-order valence-corrected chi connectivity index (χ2v) is 4.69. The Bertz CT molecular complexity index is 443. The van der Waals surface area contributed by atoms with Crippen LogP contribution in [0.15, 0.2) is 30.3 Å². The highest BCUT2D eigenvalue weighted by Gasteiger charge is 2.43. The average Bonchev–Trinajstić information content (AvgIpc) is 2.36. The zero-order valence-corrected chi connectivity index (χ0v) is 11.1. The Balaban J connectivity index is 2.92. The summed E-state index contributed by atoms with van der Waals surface area (Å²) in [4.78, 5) is 23.0. The largest absolute Gasteiger partial charge is 0.562 e. The Morgan fingerprint density at radius 2 is 1.89 bits per heavy atom. The van der Waals surface area contributed by atoms with Gasteiger partial charge in [0.2, 0.25) is 0 Å². The van der Waals surface area contributed by atoms with E-state index in [-0.39, 0.29) is 6.61 Å². The summed E-state index contributed by atoms with van der Waals surface area (Å²) in [5.74, 6) is -2.59. The number of carbonyl (C=O) groups is 2. The molecule has 1 rings (SSSR count). The lowest BCUT2D eigenvalue weighted by Crippen LogP contribution is -2.23. The first-order valence-corrected chi connectivity index (χ1v) is 6.66. The number of carbonyl (C=O) groups excluding carboxylic acids is 2. The van der Waals surface area contributed by atoms with Crippen molar-refractivity contribution in [2.24, 2.45) is 0 Å². The quantitative estimate of drug-likeness (QED) is 0.451. The smallest absolute Gasteiger partial charge is 0.407 e. The molecule has 0 fully saturated rings. The first-order valence-electron chi connectivity index (χ1n) is 5.42. The first kappa shape index (κ1) is 14.5. The first-order chi connectivity index (χ1) is 8.56. The standard InChI is InChI=1S/C12H14O5P/c1-3-16-18(15)12(17-9(2)13)11(14)10-7-5-4-6-8-10/h4-8,12H,3H2,1-2H3/q+1. The molecule has 1 aromatic carbocycles. The summed E-state index contributed by atoms with van der Waals surface area (Å²) in [6, 6.07) is 8.22. The van der Waals surface area contributed by atoms with Gasteiger partial charge in [-0.15, -0.1) is 4.52 Å². The second-order valence-electron chi connectivity index (χ2n) is 3.40. The van der Waals surface area contributed by atoms with Gasteiger partial charge in [0.05, 0.1) is 6.61 Å². The van der Waals surface area contributed by atoms with Gasteiger partial charge in [0, 0.05) is 12.5 Å². The highest BCUT2D eigenvalue weighted by molar-refractivity contribution is 7.41. The summed E-state index contributed by atoms with van der Waals surface area (Å²) in [6.07, 6.45) is 0. The van der Waals surface area contributed by atoms with Crippen molar-refractivity contribution in [3.63, 3.8) is 0 Å². The van der Waals surface area contributed by atoms with Gasteiger partial charge in [-0.05, 0) is 11.5 Å². The SMILES string of the molecule is CCO[P+](=O)C(OC(C)=O)C(=O)c1ccccc1. The summed E-state index contributed by atoms with van der Waals surface area (Å²) >= 11 is 0. The molecule has 2 atom stereocenters. The molecule has 0 bridgehead atoms. The molecule has 0 amide bonds. The monoisotopic (exact) mass is 269 g/mol. The highest BCUT2D eigenvalue weighted by Crippen LogP contribution is 2.32. The van der Waals surface area contributed by atoms with Crippen LogP contribution in [0.3, 0.4) is 0 Å². The van der Waals surface area contributed by atoms with Gasteiger partial charge in [0.25, 0.3) is 5.78 Å². The molecule has 0 aliphatic carbocycles.